The standard InChI is InChI=1S/C16H29NO2/c1-3-5-6-7-8-12-17-13-10-16(9-4-2,11-14-17)15(18)19/h3H,1,4-14H2,2H3,(H,18,19). The van der Waals surface area contributed by atoms with Crippen LogP contribution < -0.4 is 0 Å². The van der Waals surface area contributed by atoms with E-state index in [4.69, 9.17) is 0 Å². The number of piperidine rings is 1. The Morgan fingerprint density at radius 1 is 1.32 bits per heavy atom. The van der Waals surface area contributed by atoms with Crippen molar-refractivity contribution in [2.45, 2.75) is 58.3 Å². The van der Waals surface area contributed by atoms with Gasteiger partial charge in [-0.25, -0.2) is 0 Å². The van der Waals surface area contributed by atoms with E-state index in [9.17, 15) is 9.90 Å². The van der Waals surface area contributed by atoms with Crippen LogP contribution in [0.15, 0.2) is 12.7 Å². The monoisotopic (exact) mass is 267 g/mol. The molecule has 1 N–H and O–H groups in total. The number of nitrogens with zero attached hydrogens (tertiary/aromatic N) is 1. The normalized spacial score (nSPS) is 19.2. The number of carbonyl (C=O) groups is 1. The van der Waals surface area contributed by atoms with Gasteiger partial charge in [-0.05, 0) is 58.2 Å². The molecule has 110 valence electrons. The molecule has 0 spiro atoms. The van der Waals surface area contributed by atoms with Gasteiger partial charge in [0.2, 0.25) is 0 Å². The highest BCUT2D eigenvalue weighted by molar-refractivity contribution is 5.74. The molecule has 3 nitrogen and oxygen atoms in total. The number of hydrogen-bond acceptors (Lipinski definition) is 2. The fraction of sp³-hybridized carbons (Fsp3) is 0.812. The molecule has 0 radical (unpaired) electrons. The van der Waals surface area contributed by atoms with Crippen LogP contribution in [-0.2, 0) is 4.79 Å². The largest absolute Gasteiger partial charge is 0.481 e. The maximum atomic E-state index is 11.5. The molecule has 0 amide bonds. The third kappa shape index (κ3) is 4.98. The van der Waals surface area contributed by atoms with Gasteiger partial charge in [0, 0.05) is 0 Å². The van der Waals surface area contributed by atoms with Crippen molar-refractivity contribution in [2.75, 3.05) is 19.6 Å². The van der Waals surface area contributed by atoms with Gasteiger partial charge in [-0.2, -0.15) is 0 Å². The zero-order valence-electron chi connectivity index (χ0n) is 12.4. The predicted octanol–water partition coefficient (Wildman–Crippen LogP) is 3.70. The SMILES string of the molecule is C=CCCCCCN1CCC(CCC)(C(=O)O)CC1. The number of carboxylic acid groups (broad SMARTS) is 1. The van der Waals surface area contributed by atoms with Crippen LogP contribution in [0.25, 0.3) is 0 Å². The predicted molar refractivity (Wildman–Crippen MR) is 79.3 cm³/mol. The van der Waals surface area contributed by atoms with Crippen molar-refractivity contribution in [1.29, 1.82) is 0 Å². The van der Waals surface area contributed by atoms with Crippen LogP contribution in [0.4, 0.5) is 0 Å². The molecule has 0 aromatic carbocycles. The summed E-state index contributed by atoms with van der Waals surface area (Å²) in [4.78, 5) is 13.9. The lowest BCUT2D eigenvalue weighted by Gasteiger charge is -2.38. The summed E-state index contributed by atoms with van der Waals surface area (Å²) < 4.78 is 0. The van der Waals surface area contributed by atoms with E-state index in [1.165, 1.54) is 19.3 Å². The van der Waals surface area contributed by atoms with E-state index in [-0.39, 0.29) is 0 Å². The van der Waals surface area contributed by atoms with Gasteiger partial charge in [0.1, 0.15) is 0 Å². The first-order valence-corrected chi connectivity index (χ1v) is 7.71. The van der Waals surface area contributed by atoms with Gasteiger partial charge in [-0.15, -0.1) is 6.58 Å². The van der Waals surface area contributed by atoms with E-state index in [0.29, 0.717) is 0 Å². The average molecular weight is 267 g/mol. The van der Waals surface area contributed by atoms with Gasteiger partial charge < -0.3 is 10.0 Å². The minimum atomic E-state index is -0.583. The van der Waals surface area contributed by atoms with E-state index in [0.717, 1.165) is 51.7 Å². The molecular formula is C16H29NO2. The van der Waals surface area contributed by atoms with Gasteiger partial charge in [0.05, 0.1) is 5.41 Å². The second-order valence-electron chi connectivity index (χ2n) is 5.82. The third-order valence-corrected chi connectivity index (χ3v) is 4.38. The maximum Gasteiger partial charge on any atom is 0.309 e. The Kier molecular flexibility index (Phi) is 7.14. The Morgan fingerprint density at radius 2 is 2.00 bits per heavy atom. The van der Waals surface area contributed by atoms with Crippen LogP contribution in [0.3, 0.4) is 0 Å². The zero-order valence-corrected chi connectivity index (χ0v) is 12.4. The Labute approximate surface area is 117 Å². The molecule has 0 aromatic rings. The van der Waals surface area contributed by atoms with Crippen molar-refractivity contribution >= 4 is 5.97 Å². The lowest BCUT2D eigenvalue weighted by molar-refractivity contribution is -0.152. The molecular weight excluding hydrogens is 238 g/mol. The number of rotatable bonds is 9. The molecule has 1 fully saturated rings. The molecule has 0 saturated carbocycles. The molecule has 0 unspecified atom stereocenters. The molecule has 1 saturated heterocycles. The van der Waals surface area contributed by atoms with Crippen LogP contribution in [0.2, 0.25) is 0 Å². The van der Waals surface area contributed by atoms with E-state index >= 15 is 0 Å². The van der Waals surface area contributed by atoms with Gasteiger partial charge in [-0.1, -0.05) is 25.8 Å². The van der Waals surface area contributed by atoms with Crippen molar-refractivity contribution in [3.8, 4) is 0 Å². The topological polar surface area (TPSA) is 40.5 Å². The summed E-state index contributed by atoms with van der Waals surface area (Å²) in [6.45, 7) is 8.84. The van der Waals surface area contributed by atoms with Crippen LogP contribution in [0.5, 0.6) is 0 Å². The number of carboxylic acids is 1. The molecule has 1 heterocycles. The first kappa shape index (κ1) is 16.2. The summed E-state index contributed by atoms with van der Waals surface area (Å²) >= 11 is 0. The van der Waals surface area contributed by atoms with Gasteiger partial charge >= 0.3 is 5.97 Å². The minimum Gasteiger partial charge on any atom is -0.481 e. The number of allylic oxidation sites excluding steroid dienone is 1. The lowest BCUT2D eigenvalue weighted by atomic mass is 9.75. The van der Waals surface area contributed by atoms with Gasteiger partial charge in [0.15, 0.2) is 0 Å². The quantitative estimate of drug-likeness (QED) is 0.511. The van der Waals surface area contributed by atoms with E-state index in [1.807, 2.05) is 6.08 Å². The zero-order chi connectivity index (χ0) is 14.1. The molecule has 0 aromatic heterocycles. The second-order valence-corrected chi connectivity index (χ2v) is 5.82. The third-order valence-electron chi connectivity index (χ3n) is 4.38. The summed E-state index contributed by atoms with van der Waals surface area (Å²) in [6, 6.07) is 0. The molecule has 1 rings (SSSR count). The lowest BCUT2D eigenvalue weighted by Crippen LogP contribution is -2.44. The molecule has 3 heteroatoms. The van der Waals surface area contributed by atoms with Crippen LogP contribution in [-0.4, -0.2) is 35.6 Å². The van der Waals surface area contributed by atoms with Crippen molar-refractivity contribution in [2.24, 2.45) is 5.41 Å². The highest BCUT2D eigenvalue weighted by Crippen LogP contribution is 2.36. The summed E-state index contributed by atoms with van der Waals surface area (Å²) in [5.41, 5.74) is -0.436. The Hall–Kier alpha value is -0.830. The fourth-order valence-electron chi connectivity index (χ4n) is 3.05. The number of aliphatic carboxylic acids is 1. The molecule has 1 aliphatic rings. The Balaban J connectivity index is 2.27. The maximum absolute atomic E-state index is 11.5. The fourth-order valence-corrected chi connectivity index (χ4v) is 3.05. The molecule has 0 atom stereocenters. The molecule has 0 bridgehead atoms. The van der Waals surface area contributed by atoms with E-state index < -0.39 is 11.4 Å². The van der Waals surface area contributed by atoms with Crippen molar-refractivity contribution in [3.63, 3.8) is 0 Å². The number of hydrogen-bond donors (Lipinski definition) is 1. The second kappa shape index (κ2) is 8.36. The van der Waals surface area contributed by atoms with Crippen LogP contribution in [0.1, 0.15) is 58.3 Å². The summed E-state index contributed by atoms with van der Waals surface area (Å²) in [7, 11) is 0. The van der Waals surface area contributed by atoms with Crippen molar-refractivity contribution in [3.05, 3.63) is 12.7 Å². The van der Waals surface area contributed by atoms with Crippen molar-refractivity contribution in [1.82, 2.24) is 4.90 Å². The Bertz CT molecular complexity index is 280. The molecule has 19 heavy (non-hydrogen) atoms. The van der Waals surface area contributed by atoms with Gasteiger partial charge in [-0.3, -0.25) is 4.79 Å². The first-order chi connectivity index (χ1) is 9.14. The minimum absolute atomic E-state index is 0.436. The van der Waals surface area contributed by atoms with Crippen LogP contribution >= 0.6 is 0 Å². The molecule has 0 aliphatic carbocycles. The van der Waals surface area contributed by atoms with Gasteiger partial charge in [0.25, 0.3) is 0 Å². The molecule has 1 aliphatic heterocycles. The van der Waals surface area contributed by atoms with Crippen molar-refractivity contribution < 1.29 is 9.90 Å². The van der Waals surface area contributed by atoms with Crippen LogP contribution in [0, 0.1) is 5.41 Å². The summed E-state index contributed by atoms with van der Waals surface area (Å²) in [5, 5.41) is 9.45. The van der Waals surface area contributed by atoms with E-state index in [2.05, 4.69) is 18.4 Å². The number of unbranched alkanes of at least 4 members (excludes halogenated alkanes) is 3. The highest BCUT2D eigenvalue weighted by Gasteiger charge is 2.40. The number of likely N-dealkylation sites (tertiary alicyclic amines) is 1. The highest BCUT2D eigenvalue weighted by atomic mass is 16.4. The summed E-state index contributed by atoms with van der Waals surface area (Å²) in [6.07, 6.45) is 10.2. The smallest absolute Gasteiger partial charge is 0.309 e. The Morgan fingerprint density at radius 3 is 2.53 bits per heavy atom. The average Bonchev–Trinajstić information content (AvgIpc) is 2.40. The van der Waals surface area contributed by atoms with E-state index in [1.54, 1.807) is 0 Å². The first-order valence-electron chi connectivity index (χ1n) is 7.71. The summed E-state index contributed by atoms with van der Waals surface area (Å²) in [5.74, 6) is -0.583.